The molecule has 0 radical (unpaired) electrons. The molecule has 128 valence electrons. The van der Waals surface area contributed by atoms with E-state index in [1.807, 2.05) is 0 Å². The molecule has 1 fully saturated rings. The van der Waals surface area contributed by atoms with Gasteiger partial charge in [-0.1, -0.05) is 0 Å². The topological polar surface area (TPSA) is 70.6 Å². The van der Waals surface area contributed by atoms with Gasteiger partial charge in [-0.3, -0.25) is 4.79 Å². The van der Waals surface area contributed by atoms with Gasteiger partial charge in [-0.05, 0) is 12.1 Å². The number of nitrogens with zero attached hydrogens (tertiary/aromatic N) is 3. The average molecular weight is 373 g/mol. The highest BCUT2D eigenvalue weighted by Crippen LogP contribution is 2.22. The van der Waals surface area contributed by atoms with Crippen LogP contribution < -0.4 is 0 Å². The number of hydrogen-bond donors (Lipinski definition) is 0. The number of amides is 1. The van der Waals surface area contributed by atoms with Crippen molar-refractivity contribution in [3.63, 3.8) is 0 Å². The highest BCUT2D eigenvalue weighted by molar-refractivity contribution is 7.89. The van der Waals surface area contributed by atoms with E-state index in [2.05, 4.69) is 4.98 Å². The predicted molar refractivity (Wildman–Crippen MR) is 83.1 cm³/mol. The highest BCUT2D eigenvalue weighted by Gasteiger charge is 2.32. The summed E-state index contributed by atoms with van der Waals surface area (Å²) in [5.41, 5.74) is 1.87. The van der Waals surface area contributed by atoms with Crippen LogP contribution in [0.15, 0.2) is 34.0 Å². The van der Waals surface area contributed by atoms with Crippen molar-refractivity contribution in [2.24, 2.45) is 0 Å². The molecule has 0 N–H and O–H groups in total. The van der Waals surface area contributed by atoms with Crippen LogP contribution in [0.2, 0.25) is 0 Å². The van der Waals surface area contributed by atoms with E-state index in [0.29, 0.717) is 11.8 Å². The van der Waals surface area contributed by atoms with E-state index in [1.165, 1.54) is 16.2 Å². The zero-order valence-corrected chi connectivity index (χ0v) is 14.0. The number of halogens is 2. The van der Waals surface area contributed by atoms with Gasteiger partial charge in [-0.25, -0.2) is 22.2 Å². The van der Waals surface area contributed by atoms with Crippen LogP contribution in [0.4, 0.5) is 8.78 Å². The fourth-order valence-corrected chi connectivity index (χ4v) is 4.43. The van der Waals surface area contributed by atoms with Crippen LogP contribution >= 0.6 is 11.3 Å². The number of sulfonamides is 1. The first-order valence-electron chi connectivity index (χ1n) is 7.02. The number of benzene rings is 1. The summed E-state index contributed by atoms with van der Waals surface area (Å²) in [5.74, 6) is -2.23. The Morgan fingerprint density at radius 2 is 1.88 bits per heavy atom. The van der Waals surface area contributed by atoms with E-state index in [1.54, 1.807) is 10.9 Å². The van der Waals surface area contributed by atoms with Crippen LogP contribution in [0.1, 0.15) is 10.5 Å². The largest absolute Gasteiger partial charge is 0.335 e. The minimum Gasteiger partial charge on any atom is -0.335 e. The van der Waals surface area contributed by atoms with Crippen molar-refractivity contribution in [1.82, 2.24) is 14.2 Å². The Hall–Kier alpha value is -1.91. The summed E-state index contributed by atoms with van der Waals surface area (Å²) in [4.78, 5) is 17.1. The predicted octanol–water partition coefficient (Wildman–Crippen LogP) is 1.57. The van der Waals surface area contributed by atoms with Crippen molar-refractivity contribution in [1.29, 1.82) is 0 Å². The molecule has 1 saturated heterocycles. The Bertz CT molecular complexity index is 848. The summed E-state index contributed by atoms with van der Waals surface area (Å²) in [7, 11) is -4.07. The monoisotopic (exact) mass is 373 g/mol. The van der Waals surface area contributed by atoms with Gasteiger partial charge in [0.1, 0.15) is 22.2 Å². The third kappa shape index (κ3) is 3.17. The third-order valence-corrected chi connectivity index (χ3v) is 6.21. The minimum atomic E-state index is -4.07. The molecule has 2 heterocycles. The third-order valence-electron chi connectivity index (χ3n) is 3.69. The lowest BCUT2D eigenvalue weighted by Gasteiger charge is -2.33. The van der Waals surface area contributed by atoms with Crippen molar-refractivity contribution >= 4 is 27.3 Å². The molecule has 1 amide bonds. The second kappa shape index (κ2) is 6.54. The number of aromatic nitrogens is 1. The van der Waals surface area contributed by atoms with Gasteiger partial charge in [-0.2, -0.15) is 4.31 Å². The summed E-state index contributed by atoms with van der Waals surface area (Å²) in [6, 6.07) is 2.35. The van der Waals surface area contributed by atoms with Crippen molar-refractivity contribution in [2.45, 2.75) is 4.90 Å². The fraction of sp³-hybridized carbons (Fsp3) is 0.286. The van der Waals surface area contributed by atoms with Gasteiger partial charge in [0, 0.05) is 37.6 Å². The molecule has 24 heavy (non-hydrogen) atoms. The number of carbonyl (C=O) groups excluding carboxylic acids is 1. The van der Waals surface area contributed by atoms with Gasteiger partial charge in [0.05, 0.1) is 5.51 Å². The molecule has 0 bridgehead atoms. The van der Waals surface area contributed by atoms with E-state index < -0.39 is 26.6 Å². The maximum Gasteiger partial charge on any atom is 0.273 e. The second-order valence-corrected chi connectivity index (χ2v) is 7.77. The van der Waals surface area contributed by atoms with Gasteiger partial charge < -0.3 is 4.90 Å². The van der Waals surface area contributed by atoms with Crippen molar-refractivity contribution in [3.05, 3.63) is 46.4 Å². The minimum absolute atomic E-state index is 0.0367. The Labute approximate surface area is 141 Å². The molecule has 0 saturated carbocycles. The van der Waals surface area contributed by atoms with Crippen LogP contribution in [0.5, 0.6) is 0 Å². The fourth-order valence-electron chi connectivity index (χ4n) is 2.44. The molecule has 0 atom stereocenters. The molecular weight excluding hydrogens is 360 g/mol. The molecule has 1 aliphatic heterocycles. The molecule has 0 spiro atoms. The molecular formula is C14H13F2N3O3S2. The summed E-state index contributed by atoms with van der Waals surface area (Å²) < 4.78 is 52.8. The first-order valence-corrected chi connectivity index (χ1v) is 9.40. The first kappa shape index (κ1) is 16.9. The molecule has 2 aromatic rings. The van der Waals surface area contributed by atoms with Gasteiger partial charge in [0.2, 0.25) is 10.0 Å². The maximum atomic E-state index is 13.8. The Kier molecular flexibility index (Phi) is 4.61. The quantitative estimate of drug-likeness (QED) is 0.819. The van der Waals surface area contributed by atoms with Crippen molar-refractivity contribution in [3.8, 4) is 0 Å². The number of hydrogen-bond acceptors (Lipinski definition) is 5. The standard InChI is InChI=1S/C14H13F2N3O3S2/c15-10-1-2-13(11(16)7-10)24(21,22)19-5-3-18(4-6-19)14(20)12-8-23-9-17-12/h1-2,7-9H,3-6H2. The highest BCUT2D eigenvalue weighted by atomic mass is 32.2. The van der Waals surface area contributed by atoms with Crippen molar-refractivity contribution < 1.29 is 22.0 Å². The summed E-state index contributed by atoms with van der Waals surface area (Å²) in [6.07, 6.45) is 0. The van der Waals surface area contributed by atoms with E-state index in [-0.39, 0.29) is 32.1 Å². The van der Waals surface area contributed by atoms with Gasteiger partial charge >= 0.3 is 0 Å². The van der Waals surface area contributed by atoms with E-state index >= 15 is 0 Å². The second-order valence-electron chi connectivity index (χ2n) is 5.14. The molecule has 3 rings (SSSR count). The Morgan fingerprint density at radius 1 is 1.17 bits per heavy atom. The number of rotatable bonds is 3. The van der Waals surface area contributed by atoms with Gasteiger partial charge in [0.25, 0.3) is 5.91 Å². The number of thiazole rings is 1. The summed E-state index contributed by atoms with van der Waals surface area (Å²) in [5, 5.41) is 1.62. The maximum absolute atomic E-state index is 13.8. The Balaban J connectivity index is 1.73. The number of carbonyl (C=O) groups is 1. The van der Waals surface area contributed by atoms with Gasteiger partial charge in [0.15, 0.2) is 0 Å². The molecule has 1 aromatic heterocycles. The van der Waals surface area contributed by atoms with E-state index in [0.717, 1.165) is 16.4 Å². The van der Waals surface area contributed by atoms with Crippen LogP contribution in [-0.2, 0) is 10.0 Å². The lowest BCUT2D eigenvalue weighted by molar-refractivity contribution is 0.0692. The zero-order valence-electron chi connectivity index (χ0n) is 12.4. The van der Waals surface area contributed by atoms with Crippen LogP contribution in [0, 0.1) is 11.6 Å². The lowest BCUT2D eigenvalue weighted by Crippen LogP contribution is -2.50. The average Bonchev–Trinajstić information content (AvgIpc) is 3.08. The molecule has 0 unspecified atom stereocenters. The Morgan fingerprint density at radius 3 is 2.46 bits per heavy atom. The summed E-state index contributed by atoms with van der Waals surface area (Å²) in [6.45, 7) is 0.431. The van der Waals surface area contributed by atoms with Crippen LogP contribution in [-0.4, -0.2) is 54.7 Å². The number of piperazine rings is 1. The van der Waals surface area contributed by atoms with Crippen molar-refractivity contribution in [2.75, 3.05) is 26.2 Å². The lowest BCUT2D eigenvalue weighted by atomic mass is 10.3. The SMILES string of the molecule is O=C(c1cscn1)N1CCN(S(=O)(=O)c2ccc(F)cc2F)CC1. The molecule has 0 aliphatic carbocycles. The van der Waals surface area contributed by atoms with E-state index in [9.17, 15) is 22.0 Å². The summed E-state index contributed by atoms with van der Waals surface area (Å²) >= 11 is 1.30. The van der Waals surface area contributed by atoms with Gasteiger partial charge in [-0.15, -0.1) is 11.3 Å². The van der Waals surface area contributed by atoms with Crippen LogP contribution in [0.25, 0.3) is 0 Å². The normalized spacial score (nSPS) is 16.3. The molecule has 10 heteroatoms. The smallest absolute Gasteiger partial charge is 0.273 e. The van der Waals surface area contributed by atoms with E-state index in [4.69, 9.17) is 0 Å². The molecule has 1 aromatic carbocycles. The molecule has 1 aliphatic rings. The van der Waals surface area contributed by atoms with Crippen LogP contribution in [0.3, 0.4) is 0 Å². The zero-order chi connectivity index (χ0) is 17.3. The first-order chi connectivity index (χ1) is 11.4. The molecule has 6 nitrogen and oxygen atoms in total.